The number of methoxy groups -OCH3 is 1. The summed E-state index contributed by atoms with van der Waals surface area (Å²) in [6.07, 6.45) is -2.05. The first kappa shape index (κ1) is 19.5. The summed E-state index contributed by atoms with van der Waals surface area (Å²) in [4.78, 5) is 11.3. The molecule has 0 fully saturated rings. The highest BCUT2D eigenvalue weighted by molar-refractivity contribution is 7.85. The lowest BCUT2D eigenvalue weighted by molar-refractivity contribution is -0.823. The Balaban J connectivity index is 3.25. The van der Waals surface area contributed by atoms with Crippen LogP contribution >= 0.6 is 0 Å². The predicted octanol–water partition coefficient (Wildman–Crippen LogP) is 0.730. The fraction of sp³-hybridized carbons (Fsp3) is 0.500. The lowest BCUT2D eigenvalue weighted by atomic mass is 10.2. The maximum Gasteiger partial charge on any atom is 0.303 e. The number of amides is 1. The molecule has 0 bridgehead atoms. The molecule has 2 atom stereocenters. The highest BCUT2D eigenvalue weighted by Gasteiger charge is 2.45. The summed E-state index contributed by atoms with van der Waals surface area (Å²) in [6.45, 7) is -3.30. The number of primary amides is 1. The molecule has 0 saturated carbocycles. The molecule has 2 N–H and O–H groups in total. The van der Waals surface area contributed by atoms with Gasteiger partial charge in [0.15, 0.2) is 19.4 Å². The molecule has 0 aliphatic carbocycles. The SMILES string of the molecule is COC[N+](CC(N)=O)(CC(F)CF)S(=O)(=O)Cc1ccccc1. The van der Waals surface area contributed by atoms with Crippen molar-refractivity contribution in [1.82, 2.24) is 0 Å². The van der Waals surface area contributed by atoms with E-state index in [1.54, 1.807) is 30.3 Å². The summed E-state index contributed by atoms with van der Waals surface area (Å²) in [5.74, 6) is -1.38. The van der Waals surface area contributed by atoms with Crippen molar-refractivity contribution in [2.75, 3.05) is 33.6 Å². The van der Waals surface area contributed by atoms with Crippen LogP contribution in [0.2, 0.25) is 0 Å². The van der Waals surface area contributed by atoms with Gasteiger partial charge in [-0.05, 0) is 5.56 Å². The summed E-state index contributed by atoms with van der Waals surface area (Å²) in [5, 5.41) is 0. The van der Waals surface area contributed by atoms with Crippen LogP contribution in [0.1, 0.15) is 5.56 Å². The summed E-state index contributed by atoms with van der Waals surface area (Å²) >= 11 is 0. The predicted molar refractivity (Wildman–Crippen MR) is 81.0 cm³/mol. The Bertz CT molecular complexity index is 612. The van der Waals surface area contributed by atoms with Crippen LogP contribution in [0, 0.1) is 0 Å². The van der Waals surface area contributed by atoms with Gasteiger partial charge < -0.3 is 10.5 Å². The number of carbonyl (C=O) groups excluding carboxylic acids is 1. The molecule has 0 aliphatic heterocycles. The first-order valence-corrected chi connectivity index (χ1v) is 8.47. The van der Waals surface area contributed by atoms with Crippen LogP contribution in [0.25, 0.3) is 0 Å². The number of carbonyl (C=O) groups is 1. The second-order valence-electron chi connectivity index (χ2n) is 5.25. The fourth-order valence-corrected chi connectivity index (χ4v) is 4.17. The number of nitrogens with zero attached hydrogens (tertiary/aromatic N) is 1. The van der Waals surface area contributed by atoms with Gasteiger partial charge in [0, 0.05) is 7.11 Å². The molecule has 23 heavy (non-hydrogen) atoms. The molecule has 130 valence electrons. The summed E-state index contributed by atoms with van der Waals surface area (Å²) in [7, 11) is -2.88. The van der Waals surface area contributed by atoms with Gasteiger partial charge in [0.25, 0.3) is 5.91 Å². The van der Waals surface area contributed by atoms with E-state index < -0.39 is 58.2 Å². The third kappa shape index (κ3) is 5.22. The molecule has 0 spiro atoms. The number of halogens is 2. The number of nitrogens with two attached hydrogens (primary N) is 1. The van der Waals surface area contributed by atoms with Crippen LogP contribution < -0.4 is 5.73 Å². The van der Waals surface area contributed by atoms with E-state index in [0.717, 1.165) is 0 Å². The average Bonchev–Trinajstić information content (AvgIpc) is 2.47. The van der Waals surface area contributed by atoms with E-state index in [9.17, 15) is 22.0 Å². The normalized spacial score (nSPS) is 15.8. The van der Waals surface area contributed by atoms with E-state index in [2.05, 4.69) is 0 Å². The number of quaternary nitrogens is 1. The number of hydrogen-bond acceptors (Lipinski definition) is 4. The molecule has 0 saturated heterocycles. The van der Waals surface area contributed by atoms with Gasteiger partial charge in [0.05, 0.1) is 0 Å². The molecule has 0 aromatic heterocycles. The average molecular weight is 351 g/mol. The van der Waals surface area contributed by atoms with Gasteiger partial charge >= 0.3 is 10.0 Å². The van der Waals surface area contributed by atoms with Gasteiger partial charge in [-0.3, -0.25) is 4.79 Å². The second kappa shape index (κ2) is 8.32. The molecule has 0 aliphatic rings. The van der Waals surface area contributed by atoms with Crippen molar-refractivity contribution >= 4 is 15.9 Å². The molecular formula is C14H21F2N2O4S+. The van der Waals surface area contributed by atoms with Crippen LogP contribution in [-0.4, -0.2) is 58.0 Å². The van der Waals surface area contributed by atoms with E-state index in [4.69, 9.17) is 10.5 Å². The minimum Gasteiger partial charge on any atom is -0.365 e. The first-order valence-electron chi connectivity index (χ1n) is 6.86. The molecular weight excluding hydrogens is 330 g/mol. The van der Waals surface area contributed by atoms with Gasteiger partial charge in [-0.15, -0.1) is 0 Å². The van der Waals surface area contributed by atoms with Crippen molar-refractivity contribution < 1.29 is 30.6 Å². The summed E-state index contributed by atoms with van der Waals surface area (Å²) in [5.41, 5.74) is 5.59. The van der Waals surface area contributed by atoms with E-state index >= 15 is 0 Å². The lowest BCUT2D eigenvalue weighted by Crippen LogP contribution is -2.60. The van der Waals surface area contributed by atoms with Gasteiger partial charge in [0.2, 0.25) is 0 Å². The van der Waals surface area contributed by atoms with E-state index in [1.165, 1.54) is 7.11 Å². The lowest BCUT2D eigenvalue weighted by Gasteiger charge is -2.35. The van der Waals surface area contributed by atoms with Crippen molar-refractivity contribution in [1.29, 1.82) is 0 Å². The third-order valence-corrected chi connectivity index (χ3v) is 5.55. The molecule has 1 aromatic rings. The van der Waals surface area contributed by atoms with E-state index in [1.807, 2.05) is 0 Å². The van der Waals surface area contributed by atoms with Crippen molar-refractivity contribution in [2.24, 2.45) is 5.73 Å². The molecule has 1 aromatic carbocycles. The number of rotatable bonds is 10. The number of alkyl halides is 2. The summed E-state index contributed by atoms with van der Waals surface area (Å²) in [6, 6.07) is 8.21. The molecule has 0 radical (unpaired) electrons. The highest BCUT2D eigenvalue weighted by Crippen LogP contribution is 2.22. The quantitative estimate of drug-likeness (QED) is 0.497. The van der Waals surface area contributed by atoms with Crippen LogP contribution in [0.5, 0.6) is 0 Å². The Morgan fingerprint density at radius 1 is 1.35 bits per heavy atom. The zero-order valence-electron chi connectivity index (χ0n) is 12.8. The number of sulfonamides is 1. The van der Waals surface area contributed by atoms with Gasteiger partial charge in [0.1, 0.15) is 19.0 Å². The van der Waals surface area contributed by atoms with Gasteiger partial charge in [-0.1, -0.05) is 30.3 Å². The Kier molecular flexibility index (Phi) is 7.04. The van der Waals surface area contributed by atoms with Crippen LogP contribution in [0.15, 0.2) is 30.3 Å². The Hall–Kier alpha value is -1.58. The Labute approximate surface area is 134 Å². The third-order valence-electron chi connectivity index (χ3n) is 3.29. The molecule has 6 nitrogen and oxygen atoms in total. The second-order valence-corrected chi connectivity index (χ2v) is 7.47. The maximum atomic E-state index is 13.6. The van der Waals surface area contributed by atoms with Gasteiger partial charge in [-0.25, -0.2) is 8.78 Å². The van der Waals surface area contributed by atoms with Crippen molar-refractivity contribution in [2.45, 2.75) is 11.9 Å². The maximum absolute atomic E-state index is 13.6. The van der Waals surface area contributed by atoms with Gasteiger partial charge in [-0.2, -0.15) is 12.3 Å². The van der Waals surface area contributed by atoms with Crippen molar-refractivity contribution in [3.05, 3.63) is 35.9 Å². The molecule has 1 amide bonds. The topological polar surface area (TPSA) is 86.5 Å². The zero-order chi connectivity index (χ0) is 17.5. The molecule has 0 heterocycles. The van der Waals surface area contributed by atoms with Crippen LogP contribution in [-0.2, 0) is 25.3 Å². The molecule has 9 heteroatoms. The fourth-order valence-electron chi connectivity index (χ4n) is 2.31. The Morgan fingerprint density at radius 2 is 1.96 bits per heavy atom. The highest BCUT2D eigenvalue weighted by atomic mass is 32.2. The minimum absolute atomic E-state index is 0.441. The van der Waals surface area contributed by atoms with Crippen molar-refractivity contribution in [3.63, 3.8) is 0 Å². The number of ether oxygens (including phenoxy) is 1. The standard InChI is InChI=1S/C14H20F2N2O4S/c1-22-11-18(9-14(17)19,8-13(16)7-15)23(20,21)10-12-5-3-2-4-6-12/h2-6,13H,7-11H2,1H3,(H-,17,19)/p+1. The van der Waals surface area contributed by atoms with Crippen LogP contribution in [0.4, 0.5) is 8.78 Å². The summed E-state index contributed by atoms with van der Waals surface area (Å²) < 4.78 is 55.6. The van der Waals surface area contributed by atoms with Crippen LogP contribution in [0.3, 0.4) is 0 Å². The van der Waals surface area contributed by atoms with E-state index in [0.29, 0.717) is 5.56 Å². The zero-order valence-corrected chi connectivity index (χ0v) is 13.6. The number of benzene rings is 1. The van der Waals surface area contributed by atoms with Crippen molar-refractivity contribution in [3.8, 4) is 0 Å². The smallest absolute Gasteiger partial charge is 0.303 e. The van der Waals surface area contributed by atoms with E-state index in [-0.39, 0.29) is 0 Å². The largest absolute Gasteiger partial charge is 0.365 e. The first-order chi connectivity index (χ1) is 10.8. The number of hydrogen-bond donors (Lipinski definition) is 1. The Morgan fingerprint density at radius 3 is 2.43 bits per heavy atom. The molecule has 2 unspecified atom stereocenters. The molecule has 1 rings (SSSR count). The minimum atomic E-state index is -4.09. The monoisotopic (exact) mass is 351 g/mol.